The van der Waals surface area contributed by atoms with Gasteiger partial charge in [-0.25, -0.2) is 0 Å². The van der Waals surface area contributed by atoms with Crippen LogP contribution >= 0.6 is 0 Å². The predicted octanol–water partition coefficient (Wildman–Crippen LogP) is 14.4. The molecule has 0 heterocycles. The third-order valence-corrected chi connectivity index (χ3v) is 10.8. The summed E-state index contributed by atoms with van der Waals surface area (Å²) in [6.45, 7) is 26.1. The molecule has 0 aromatic heterocycles. The molecule has 5 heteroatoms. The topological polar surface area (TPSA) is 68.7 Å². The number of hydrogen-bond donors (Lipinski definition) is 2. The van der Waals surface area contributed by atoms with Crippen molar-refractivity contribution in [3.05, 3.63) is 116 Å². The van der Waals surface area contributed by atoms with E-state index in [4.69, 9.17) is 10.6 Å². The van der Waals surface area contributed by atoms with Crippen molar-refractivity contribution in [3.63, 3.8) is 0 Å². The summed E-state index contributed by atoms with van der Waals surface area (Å²) in [6.07, 6.45) is 9.41. The molecule has 0 saturated carbocycles. The van der Waals surface area contributed by atoms with Gasteiger partial charge in [-0.2, -0.15) is 0 Å². The molecule has 0 amide bonds. The van der Waals surface area contributed by atoms with Gasteiger partial charge in [0.15, 0.2) is 0 Å². The zero-order chi connectivity index (χ0) is 38.2. The van der Waals surface area contributed by atoms with Crippen molar-refractivity contribution in [3.8, 4) is 11.5 Å². The summed E-state index contributed by atoms with van der Waals surface area (Å²) < 4.78 is 0. The molecule has 2 aliphatic rings. The Bertz CT molecular complexity index is 1760. The molecule has 288 valence electrons. The molecule has 0 spiro atoms. The molecule has 0 fully saturated rings. The molecule has 0 saturated heterocycles. The summed E-state index contributed by atoms with van der Waals surface area (Å²) in [4.78, 5) is 0. The van der Waals surface area contributed by atoms with E-state index in [-0.39, 0.29) is 38.2 Å². The van der Waals surface area contributed by atoms with Crippen molar-refractivity contribution >= 4 is 22.7 Å². The second-order valence-electron chi connectivity index (χ2n) is 19.3. The maximum absolute atomic E-state index is 11.0. The van der Waals surface area contributed by atoms with Gasteiger partial charge in [-0.1, -0.05) is 166 Å². The molecule has 53 heavy (non-hydrogen) atoms. The van der Waals surface area contributed by atoms with E-state index < -0.39 is 0 Å². The van der Waals surface area contributed by atoms with Crippen LogP contribution in [0.1, 0.15) is 153 Å². The van der Waals surface area contributed by atoms with Crippen LogP contribution in [-0.2, 0) is 63.8 Å². The van der Waals surface area contributed by atoms with Gasteiger partial charge in [0.1, 0.15) is 11.5 Å². The predicted molar refractivity (Wildman–Crippen MR) is 223 cm³/mol. The van der Waals surface area contributed by atoms with E-state index in [1.165, 1.54) is 59.1 Å². The normalized spacial score (nSPS) is 14.6. The fraction of sp³-hybridized carbons (Fsp3) is 0.500. The van der Waals surface area contributed by atoms with Crippen LogP contribution in [0, 0.1) is 0 Å². The van der Waals surface area contributed by atoms with Crippen molar-refractivity contribution in [1.82, 2.24) is 0 Å². The first-order valence-electron chi connectivity index (χ1n) is 19.6. The smallest absolute Gasteiger partial charge is 0.655 e. The van der Waals surface area contributed by atoms with Crippen LogP contribution in [0.3, 0.4) is 0 Å². The summed E-state index contributed by atoms with van der Waals surface area (Å²) in [5.74, 6) is 0.637. The van der Waals surface area contributed by atoms with Crippen LogP contribution in [0.5, 0.6) is 11.5 Å². The van der Waals surface area contributed by atoms with Gasteiger partial charge in [0.2, 0.25) is 0 Å². The van der Waals surface area contributed by atoms with Gasteiger partial charge in [-0.05, 0) is 106 Å². The maximum Gasteiger partial charge on any atom is 2.00 e. The van der Waals surface area contributed by atoms with Crippen LogP contribution in [-0.4, -0.2) is 10.2 Å². The minimum Gasteiger partial charge on any atom is -0.655 e. The average molecular weight is 760 g/mol. The van der Waals surface area contributed by atoms with Crippen molar-refractivity contribution in [2.75, 3.05) is 0 Å². The Morgan fingerprint density at radius 2 is 0.774 bits per heavy atom. The van der Waals surface area contributed by atoms with Crippen LogP contribution in [0.15, 0.2) is 60.7 Å². The Hall–Kier alpha value is -3.43. The number of fused-ring (bicyclic) bond motifs is 2. The van der Waals surface area contributed by atoms with E-state index in [1.807, 2.05) is 0 Å². The van der Waals surface area contributed by atoms with E-state index in [9.17, 15) is 10.2 Å². The number of aryl methyl sites for hydroxylation is 2. The summed E-state index contributed by atoms with van der Waals surface area (Å²) in [5.41, 5.74) is 13.1. The summed E-state index contributed by atoms with van der Waals surface area (Å²) in [5, 5.41) is 31.9. The zero-order valence-electron chi connectivity index (χ0n) is 34.5. The Labute approximate surface area is 331 Å². The van der Waals surface area contributed by atoms with Gasteiger partial charge in [-0.3, -0.25) is 0 Å². The van der Waals surface area contributed by atoms with Gasteiger partial charge in [-0.15, -0.1) is 11.4 Å². The first-order valence-corrected chi connectivity index (χ1v) is 19.6. The van der Waals surface area contributed by atoms with Crippen LogP contribution < -0.4 is 0 Å². The van der Waals surface area contributed by atoms with E-state index in [0.717, 1.165) is 48.2 Å². The maximum atomic E-state index is 11.0. The van der Waals surface area contributed by atoms with Crippen molar-refractivity contribution in [2.45, 2.75) is 156 Å². The number of phenols is 2. The molecule has 2 N–H and O–H groups in total. The van der Waals surface area contributed by atoms with Gasteiger partial charge in [0.25, 0.3) is 0 Å². The molecule has 0 atom stereocenters. The molecular weight excluding hydrogens is 695 g/mol. The Kier molecular flexibility index (Phi) is 12.9. The van der Waals surface area contributed by atoms with E-state index in [0.29, 0.717) is 22.9 Å². The molecule has 6 rings (SSSR count). The first-order chi connectivity index (χ1) is 24.1. The molecule has 0 aliphatic heterocycles. The molecule has 0 bridgehead atoms. The fourth-order valence-electron chi connectivity index (χ4n) is 7.41. The van der Waals surface area contributed by atoms with Crippen LogP contribution in [0.4, 0.5) is 22.7 Å². The molecule has 2 aliphatic carbocycles. The fourth-order valence-corrected chi connectivity index (χ4v) is 7.41. The van der Waals surface area contributed by atoms with Gasteiger partial charge in [0, 0.05) is 0 Å². The second kappa shape index (κ2) is 16.1. The second-order valence-corrected chi connectivity index (χ2v) is 19.3. The Balaban J connectivity index is 0.000000232. The van der Waals surface area contributed by atoms with Gasteiger partial charge >= 0.3 is 16.5 Å². The van der Waals surface area contributed by atoms with Gasteiger partial charge in [0.05, 0.1) is 0 Å². The SMILES string of the molecule is CC(C)(C)c1cc([N-]c2cccc3c2CCCC3)c(O)c(C(C)(C)C)c1.CC(C)(C)c1cc([N-]c2cccc3c2CCCC3)c(O)c(C(C)(C)C)c1.[Ni+2]. The molecule has 4 aromatic rings. The van der Waals surface area contributed by atoms with Crippen LogP contribution in [0.25, 0.3) is 10.6 Å². The van der Waals surface area contributed by atoms with Gasteiger partial charge < -0.3 is 20.8 Å². The molecule has 4 aromatic carbocycles. The number of benzene rings is 4. The Morgan fingerprint density at radius 3 is 1.09 bits per heavy atom. The van der Waals surface area contributed by atoms with Crippen molar-refractivity contribution < 1.29 is 26.7 Å². The third-order valence-electron chi connectivity index (χ3n) is 10.8. The van der Waals surface area contributed by atoms with Crippen molar-refractivity contribution in [1.29, 1.82) is 0 Å². The van der Waals surface area contributed by atoms with Crippen molar-refractivity contribution in [2.24, 2.45) is 0 Å². The van der Waals surface area contributed by atoms with E-state index >= 15 is 0 Å². The Morgan fingerprint density at radius 1 is 0.434 bits per heavy atom. The molecule has 0 unspecified atom stereocenters. The van der Waals surface area contributed by atoms with E-state index in [1.54, 1.807) is 0 Å². The van der Waals surface area contributed by atoms with E-state index in [2.05, 4.69) is 144 Å². The summed E-state index contributed by atoms with van der Waals surface area (Å²) in [7, 11) is 0. The monoisotopic (exact) mass is 758 g/mol. The number of hydrogen-bond acceptors (Lipinski definition) is 2. The molecular formula is C48H64N2NiO2. The number of phenolic OH excluding ortho intramolecular Hbond substituents is 2. The molecule has 4 nitrogen and oxygen atoms in total. The largest absolute Gasteiger partial charge is 2.00 e. The summed E-state index contributed by atoms with van der Waals surface area (Å²) in [6, 6.07) is 21.2. The number of nitrogens with zero attached hydrogens (tertiary/aromatic N) is 2. The minimum absolute atomic E-state index is 0. The van der Waals surface area contributed by atoms with Crippen LogP contribution in [0.2, 0.25) is 0 Å². The number of rotatable bonds is 4. The molecule has 0 radical (unpaired) electrons. The average Bonchev–Trinajstić information content (AvgIpc) is 3.05. The minimum atomic E-state index is -0.133. The summed E-state index contributed by atoms with van der Waals surface area (Å²) >= 11 is 0. The third kappa shape index (κ3) is 10.0. The first kappa shape index (κ1) is 42.3. The standard InChI is InChI=1S/2C24H32NO.Ni/c2*1-23(2,3)17-14-19(24(4,5)6)22(26)21(15-17)25-20-13-9-11-16-10-7-8-12-18(16)20;/h2*9,11,13-15,26H,7-8,10,12H2,1-6H3;/q2*-1;+2. The number of aromatic hydroxyl groups is 2. The quantitative estimate of drug-likeness (QED) is 0.203. The zero-order valence-corrected chi connectivity index (χ0v) is 35.5.